The van der Waals surface area contributed by atoms with Crippen LogP contribution in [-0.4, -0.2) is 5.91 Å². The lowest BCUT2D eigenvalue weighted by Crippen LogP contribution is -2.46. The molecule has 1 aromatic heterocycles. The molecule has 0 fully saturated rings. The van der Waals surface area contributed by atoms with Gasteiger partial charge in [-0.15, -0.1) is 5.43 Å². The average molecular weight is 149 g/mol. The zero-order valence-electron chi connectivity index (χ0n) is 6.03. The van der Waals surface area contributed by atoms with Crippen molar-refractivity contribution in [3.05, 3.63) is 43.2 Å². The third-order valence-corrected chi connectivity index (χ3v) is 1.14. The maximum Gasteiger partial charge on any atom is 0.297 e. The van der Waals surface area contributed by atoms with Gasteiger partial charge in [0.25, 0.3) is 5.91 Å². The van der Waals surface area contributed by atoms with E-state index >= 15 is 0 Å². The monoisotopic (exact) mass is 149 g/mol. The fourth-order valence-electron chi connectivity index (χ4n) is 0.646. The quantitative estimate of drug-likeness (QED) is 0.474. The lowest BCUT2D eigenvalue weighted by atomic mass is 10.5. The fourth-order valence-corrected chi connectivity index (χ4v) is 0.646. The Kier molecular flexibility index (Phi) is 2.38. The maximum atomic E-state index is 10.7. The lowest BCUT2D eigenvalue weighted by Gasteiger charge is -1.91. The molecule has 1 aromatic rings. The maximum absolute atomic E-state index is 10.7. The highest BCUT2D eigenvalue weighted by Crippen LogP contribution is 1.74. The van der Waals surface area contributed by atoms with E-state index in [4.69, 9.17) is 0 Å². The van der Waals surface area contributed by atoms with Gasteiger partial charge in [0, 0.05) is 18.2 Å². The molecular weight excluding hydrogens is 140 g/mol. The zero-order chi connectivity index (χ0) is 8.10. The van der Waals surface area contributed by atoms with E-state index in [0.29, 0.717) is 0 Å². The van der Waals surface area contributed by atoms with Gasteiger partial charge in [-0.1, -0.05) is 17.3 Å². The highest BCUT2D eigenvalue weighted by atomic mass is 16.2. The summed E-state index contributed by atoms with van der Waals surface area (Å²) >= 11 is 0. The summed E-state index contributed by atoms with van der Waals surface area (Å²) in [6.07, 6.45) is 4.70. The Labute approximate surface area is 64.9 Å². The summed E-state index contributed by atoms with van der Waals surface area (Å²) in [4.78, 5) is 10.7. The third-order valence-electron chi connectivity index (χ3n) is 1.14. The molecule has 11 heavy (non-hydrogen) atoms. The molecule has 0 aliphatic rings. The molecule has 0 unspecified atom stereocenters. The molecule has 56 valence electrons. The fraction of sp³-hybridized carbons (Fsp3) is 0. The lowest BCUT2D eigenvalue weighted by molar-refractivity contribution is -0.642. The average Bonchev–Trinajstić information content (AvgIpc) is 2.06. The van der Waals surface area contributed by atoms with Crippen molar-refractivity contribution in [1.29, 1.82) is 0 Å². The Hall–Kier alpha value is -1.64. The van der Waals surface area contributed by atoms with Gasteiger partial charge in [0.1, 0.15) is 0 Å². The van der Waals surface area contributed by atoms with Crippen molar-refractivity contribution in [1.82, 2.24) is 0 Å². The molecule has 0 aromatic carbocycles. The van der Waals surface area contributed by atoms with Crippen LogP contribution in [0.5, 0.6) is 0 Å². The molecule has 1 amide bonds. The van der Waals surface area contributed by atoms with Gasteiger partial charge in [-0.25, -0.2) is 0 Å². The number of nitrogens with one attached hydrogen (secondary N) is 1. The van der Waals surface area contributed by atoms with Gasteiger partial charge in [0.05, 0.1) is 0 Å². The van der Waals surface area contributed by atoms with Crippen molar-refractivity contribution in [3.8, 4) is 0 Å². The van der Waals surface area contributed by atoms with E-state index < -0.39 is 0 Å². The van der Waals surface area contributed by atoms with Crippen molar-refractivity contribution in [2.75, 3.05) is 5.43 Å². The Morgan fingerprint density at radius 1 is 1.36 bits per heavy atom. The first-order valence-corrected chi connectivity index (χ1v) is 3.22. The Balaban J connectivity index is 2.65. The van der Waals surface area contributed by atoms with Crippen LogP contribution in [0.15, 0.2) is 43.2 Å². The molecule has 0 atom stereocenters. The van der Waals surface area contributed by atoms with Gasteiger partial charge in [0.15, 0.2) is 12.4 Å². The van der Waals surface area contributed by atoms with Crippen LogP contribution in [0.4, 0.5) is 0 Å². The number of rotatable bonds is 2. The molecular formula is C8H9N2O+. The second-order valence-corrected chi connectivity index (χ2v) is 1.96. The minimum absolute atomic E-state index is 0.221. The smallest absolute Gasteiger partial charge is 0.264 e. The number of carbonyl (C=O) groups is 1. The van der Waals surface area contributed by atoms with Crippen LogP contribution < -0.4 is 10.1 Å². The van der Waals surface area contributed by atoms with E-state index in [0.717, 1.165) is 0 Å². The third kappa shape index (κ3) is 2.21. The molecule has 1 heterocycles. The molecule has 1 N–H and O–H groups in total. The number of hydrogen-bond donors (Lipinski definition) is 1. The summed E-state index contributed by atoms with van der Waals surface area (Å²) in [6.45, 7) is 3.33. The molecule has 0 saturated carbocycles. The van der Waals surface area contributed by atoms with Gasteiger partial charge in [-0.3, -0.25) is 4.79 Å². The summed E-state index contributed by atoms with van der Waals surface area (Å²) in [5, 5.41) is 0. The summed E-state index contributed by atoms with van der Waals surface area (Å²) in [6, 6.07) is 5.52. The first kappa shape index (κ1) is 7.47. The van der Waals surface area contributed by atoms with Crippen LogP contribution in [0.2, 0.25) is 0 Å². The van der Waals surface area contributed by atoms with Crippen LogP contribution in [-0.2, 0) is 4.79 Å². The molecule has 1 rings (SSSR count). The topological polar surface area (TPSA) is 33.0 Å². The second-order valence-electron chi connectivity index (χ2n) is 1.96. The van der Waals surface area contributed by atoms with Crippen LogP contribution in [0.25, 0.3) is 0 Å². The number of carbonyl (C=O) groups excluding carboxylic acids is 1. The zero-order valence-corrected chi connectivity index (χ0v) is 6.03. The summed E-state index contributed by atoms with van der Waals surface area (Å²) < 4.78 is 1.56. The van der Waals surface area contributed by atoms with E-state index in [2.05, 4.69) is 12.0 Å². The Morgan fingerprint density at radius 2 is 2.00 bits per heavy atom. The molecule has 0 aliphatic heterocycles. The Morgan fingerprint density at radius 3 is 2.55 bits per heavy atom. The molecule has 0 saturated heterocycles. The predicted molar refractivity (Wildman–Crippen MR) is 41.2 cm³/mol. The molecule has 0 radical (unpaired) electrons. The number of pyridine rings is 1. The number of aromatic nitrogens is 1. The van der Waals surface area contributed by atoms with Gasteiger partial charge in [-0.2, -0.15) is 0 Å². The van der Waals surface area contributed by atoms with Crippen LogP contribution in [0, 0.1) is 0 Å². The molecule has 0 aliphatic carbocycles. The van der Waals surface area contributed by atoms with Crippen molar-refractivity contribution in [2.24, 2.45) is 0 Å². The predicted octanol–water partition coefficient (Wildman–Crippen LogP) is 0.230. The first-order chi connectivity index (χ1) is 5.33. The van der Waals surface area contributed by atoms with Gasteiger partial charge < -0.3 is 0 Å². The summed E-state index contributed by atoms with van der Waals surface area (Å²) in [5.41, 5.74) is 2.55. The van der Waals surface area contributed by atoms with Gasteiger partial charge in [-0.05, 0) is 0 Å². The van der Waals surface area contributed by atoms with Gasteiger partial charge in [0.2, 0.25) is 0 Å². The van der Waals surface area contributed by atoms with Gasteiger partial charge >= 0.3 is 0 Å². The summed E-state index contributed by atoms with van der Waals surface area (Å²) in [7, 11) is 0. The SMILES string of the molecule is C=CC(=O)N[n+]1ccccc1. The second kappa shape index (κ2) is 3.51. The van der Waals surface area contributed by atoms with Crippen LogP contribution >= 0.6 is 0 Å². The minimum atomic E-state index is -0.221. The van der Waals surface area contributed by atoms with E-state index in [1.165, 1.54) is 6.08 Å². The highest BCUT2D eigenvalue weighted by molar-refractivity contribution is 5.92. The summed E-state index contributed by atoms with van der Waals surface area (Å²) in [5.74, 6) is -0.221. The largest absolute Gasteiger partial charge is 0.297 e. The Bertz CT molecular complexity index is 256. The molecule has 3 nitrogen and oxygen atoms in total. The van der Waals surface area contributed by atoms with E-state index in [1.807, 2.05) is 18.2 Å². The molecule has 0 spiro atoms. The standard InChI is InChI=1S/C8H8N2O/c1-2-8(11)9-10-6-4-3-5-7-10/h2-7H,1H2/p+1. The highest BCUT2D eigenvalue weighted by Gasteiger charge is 1.99. The minimum Gasteiger partial charge on any atom is -0.264 e. The number of hydrogen-bond acceptors (Lipinski definition) is 1. The van der Waals surface area contributed by atoms with Crippen molar-refractivity contribution in [2.45, 2.75) is 0 Å². The molecule has 3 heteroatoms. The number of nitrogens with zero attached hydrogens (tertiary/aromatic N) is 1. The molecule has 0 bridgehead atoms. The van der Waals surface area contributed by atoms with E-state index in [1.54, 1.807) is 17.1 Å². The van der Waals surface area contributed by atoms with E-state index in [9.17, 15) is 4.79 Å². The first-order valence-electron chi connectivity index (χ1n) is 3.22. The normalized spacial score (nSPS) is 8.73. The van der Waals surface area contributed by atoms with Crippen molar-refractivity contribution >= 4 is 5.91 Å². The van der Waals surface area contributed by atoms with Crippen molar-refractivity contribution < 1.29 is 9.47 Å². The number of amides is 1. The van der Waals surface area contributed by atoms with E-state index in [-0.39, 0.29) is 5.91 Å². The van der Waals surface area contributed by atoms with Crippen molar-refractivity contribution in [3.63, 3.8) is 0 Å². The van der Waals surface area contributed by atoms with Crippen LogP contribution in [0.3, 0.4) is 0 Å². The van der Waals surface area contributed by atoms with Crippen LogP contribution in [0.1, 0.15) is 0 Å².